The molecule has 0 unspecified atom stereocenters. The first-order valence-corrected chi connectivity index (χ1v) is 16.4. The first kappa shape index (κ1) is 38.2. The summed E-state index contributed by atoms with van der Waals surface area (Å²) in [6.45, 7) is 29.5. The van der Waals surface area contributed by atoms with Gasteiger partial charge in [0.1, 0.15) is 5.52 Å². The fourth-order valence-corrected chi connectivity index (χ4v) is 5.14. The molecule has 0 atom stereocenters. The number of fused-ring (bicyclic) bond motifs is 1. The summed E-state index contributed by atoms with van der Waals surface area (Å²) in [4.78, 5) is 8.87. The monoisotopic (exact) mass is 594 g/mol. The van der Waals surface area contributed by atoms with E-state index in [4.69, 9.17) is 4.74 Å². The Balaban J connectivity index is 0.00000120. The number of hydrogen-bond acceptors (Lipinski definition) is 4. The van der Waals surface area contributed by atoms with E-state index in [1.165, 1.54) is 19.3 Å². The fourth-order valence-electron chi connectivity index (χ4n) is 5.14. The van der Waals surface area contributed by atoms with E-state index in [1.807, 2.05) is 27.7 Å². The maximum atomic E-state index is 16.4. The van der Waals surface area contributed by atoms with E-state index in [9.17, 15) is 5.11 Å². The molecule has 4 nitrogen and oxygen atoms in total. The van der Waals surface area contributed by atoms with Crippen LogP contribution >= 0.6 is 0 Å². The van der Waals surface area contributed by atoms with Crippen LogP contribution in [0.25, 0.3) is 16.5 Å². The minimum Gasteiger partial charge on any atom is -0.463 e. The zero-order chi connectivity index (χ0) is 32.9. The van der Waals surface area contributed by atoms with Gasteiger partial charge in [0, 0.05) is 22.6 Å². The third kappa shape index (κ3) is 9.35. The Hall–Kier alpha value is -2.79. The summed E-state index contributed by atoms with van der Waals surface area (Å²) in [7, 11) is 0. The van der Waals surface area contributed by atoms with Gasteiger partial charge in [0.25, 0.3) is 0 Å². The van der Waals surface area contributed by atoms with Crippen molar-refractivity contribution >= 4 is 16.5 Å². The van der Waals surface area contributed by atoms with E-state index in [-0.39, 0.29) is 23.5 Å². The van der Waals surface area contributed by atoms with Crippen molar-refractivity contribution in [3.05, 3.63) is 69.2 Å². The molecule has 1 heterocycles. The Kier molecular flexibility index (Phi) is 16.1. The summed E-state index contributed by atoms with van der Waals surface area (Å²) in [5.74, 6) is -0.446. The van der Waals surface area contributed by atoms with Gasteiger partial charge in [-0.05, 0) is 101 Å². The lowest BCUT2D eigenvalue weighted by Crippen LogP contribution is -2.14. The average molecular weight is 595 g/mol. The normalized spacial score (nSPS) is 14.1. The molecule has 1 aliphatic rings. The number of aliphatic hydroxyl groups excluding tert-OH is 1. The standard InChI is InChI=1S/C31H41FN2O2.C5H12.C2H6/c1-10-19(6)21(8)26(20(7)18(4)5)22(9)27-23(11-2)25(16-35)24-15-33-30(34-29(24)28(27)32)36-17-31(12-3)13-14-31;1-3-5-4-2;1-2/h10,15,35H,9,11-14,16-17H2,1-8H3;3-5H2,1-2H3;1-2H3/b19-10-,26-21-;;. The van der Waals surface area contributed by atoms with Crippen molar-refractivity contribution < 1.29 is 14.2 Å². The molecule has 1 saturated carbocycles. The van der Waals surface area contributed by atoms with Crippen LogP contribution in [0.1, 0.15) is 138 Å². The van der Waals surface area contributed by atoms with E-state index < -0.39 is 5.82 Å². The molecule has 0 spiro atoms. The zero-order valence-corrected chi connectivity index (χ0v) is 29.4. The van der Waals surface area contributed by atoms with Crippen LogP contribution in [-0.4, -0.2) is 21.7 Å². The summed E-state index contributed by atoms with van der Waals surface area (Å²) in [5.41, 5.74) is 8.02. The molecule has 3 rings (SSSR count). The molecule has 1 aromatic carbocycles. The molecule has 1 fully saturated rings. The predicted octanol–water partition coefficient (Wildman–Crippen LogP) is 11.3. The lowest BCUT2D eigenvalue weighted by molar-refractivity contribution is 0.214. The second kappa shape index (κ2) is 18.1. The van der Waals surface area contributed by atoms with Gasteiger partial charge in [0.05, 0.1) is 13.2 Å². The van der Waals surface area contributed by atoms with Gasteiger partial charge in [0.2, 0.25) is 0 Å². The Morgan fingerprint density at radius 2 is 1.63 bits per heavy atom. The Morgan fingerprint density at radius 1 is 1.02 bits per heavy atom. The number of nitrogens with zero attached hydrogens (tertiary/aromatic N) is 2. The molecule has 240 valence electrons. The number of halogens is 1. The molecule has 2 aromatic rings. The van der Waals surface area contributed by atoms with Gasteiger partial charge in [-0.3, -0.25) is 0 Å². The van der Waals surface area contributed by atoms with Crippen LogP contribution in [0.5, 0.6) is 6.01 Å². The molecule has 0 radical (unpaired) electrons. The molecular formula is C38H59FN2O2. The maximum absolute atomic E-state index is 16.4. The molecule has 1 aliphatic carbocycles. The number of hydrogen-bond donors (Lipinski definition) is 1. The Bertz CT molecular complexity index is 1320. The predicted molar refractivity (Wildman–Crippen MR) is 184 cm³/mol. The molecule has 5 heteroatoms. The highest BCUT2D eigenvalue weighted by Gasteiger charge is 2.41. The van der Waals surface area contributed by atoms with Gasteiger partial charge >= 0.3 is 6.01 Å². The van der Waals surface area contributed by atoms with E-state index in [0.29, 0.717) is 35.1 Å². The van der Waals surface area contributed by atoms with Crippen LogP contribution < -0.4 is 4.74 Å². The van der Waals surface area contributed by atoms with Crippen LogP contribution in [0, 0.1) is 11.2 Å². The summed E-state index contributed by atoms with van der Waals surface area (Å²) in [6, 6.07) is 0.169. The highest BCUT2D eigenvalue weighted by molar-refractivity contribution is 5.93. The quantitative estimate of drug-likeness (QED) is 0.248. The number of benzene rings is 1. The van der Waals surface area contributed by atoms with Crippen LogP contribution in [0.3, 0.4) is 0 Å². The van der Waals surface area contributed by atoms with Crippen molar-refractivity contribution in [2.24, 2.45) is 5.41 Å². The Labute approximate surface area is 262 Å². The van der Waals surface area contributed by atoms with Crippen molar-refractivity contribution in [1.29, 1.82) is 0 Å². The van der Waals surface area contributed by atoms with Crippen LogP contribution in [0.4, 0.5) is 4.39 Å². The molecule has 1 N–H and O–H groups in total. The lowest BCUT2D eigenvalue weighted by atomic mass is 9.82. The topological polar surface area (TPSA) is 55.2 Å². The first-order valence-electron chi connectivity index (χ1n) is 16.4. The van der Waals surface area contributed by atoms with Crippen LogP contribution in [0.2, 0.25) is 0 Å². The van der Waals surface area contributed by atoms with Gasteiger partial charge in [0.15, 0.2) is 5.82 Å². The minimum atomic E-state index is -0.446. The SMILES string of the molecule is C=C(/C(C(C)=C(C)C)=C(C)\C(C)=C/C)c1c(CC)c(CO)c2cnc(OCC3(CC)CC3)nc2c1F.CC.CCCCC. The second-order valence-electron chi connectivity index (χ2n) is 11.6. The first-order chi connectivity index (χ1) is 20.5. The third-order valence-electron chi connectivity index (χ3n) is 8.75. The lowest BCUT2D eigenvalue weighted by Gasteiger charge is -2.23. The largest absolute Gasteiger partial charge is 0.463 e. The van der Waals surface area contributed by atoms with Gasteiger partial charge < -0.3 is 9.84 Å². The van der Waals surface area contributed by atoms with Crippen LogP contribution in [0.15, 0.2) is 46.7 Å². The van der Waals surface area contributed by atoms with Crippen molar-refractivity contribution in [2.75, 3.05) is 6.61 Å². The summed E-state index contributed by atoms with van der Waals surface area (Å²) >= 11 is 0. The number of unbranched alkanes of at least 4 members (excludes halogenated alkanes) is 2. The fraction of sp³-hybridized carbons (Fsp3) is 0.579. The number of aliphatic hydroxyl groups is 1. The number of allylic oxidation sites excluding steroid dienone is 7. The highest BCUT2D eigenvalue weighted by Crippen LogP contribution is 2.48. The smallest absolute Gasteiger partial charge is 0.317 e. The Morgan fingerprint density at radius 3 is 2.05 bits per heavy atom. The van der Waals surface area contributed by atoms with Crippen molar-refractivity contribution in [3.63, 3.8) is 0 Å². The maximum Gasteiger partial charge on any atom is 0.317 e. The average Bonchev–Trinajstić information content (AvgIpc) is 3.81. The molecule has 0 bridgehead atoms. The van der Waals surface area contributed by atoms with E-state index in [2.05, 4.69) is 78.0 Å². The molecule has 0 amide bonds. The molecule has 0 aliphatic heterocycles. The van der Waals surface area contributed by atoms with Crippen LogP contribution in [-0.2, 0) is 13.0 Å². The van der Waals surface area contributed by atoms with Gasteiger partial charge in [-0.1, -0.05) is 84.6 Å². The second-order valence-corrected chi connectivity index (χ2v) is 11.6. The highest BCUT2D eigenvalue weighted by atomic mass is 19.1. The third-order valence-corrected chi connectivity index (χ3v) is 8.75. The van der Waals surface area contributed by atoms with E-state index in [1.54, 1.807) is 6.20 Å². The molecule has 0 saturated heterocycles. The summed E-state index contributed by atoms with van der Waals surface area (Å²) < 4.78 is 22.4. The zero-order valence-electron chi connectivity index (χ0n) is 29.4. The van der Waals surface area contributed by atoms with Gasteiger partial charge in [-0.15, -0.1) is 0 Å². The minimum absolute atomic E-state index is 0.161. The van der Waals surface area contributed by atoms with Gasteiger partial charge in [-0.2, -0.15) is 4.98 Å². The van der Waals surface area contributed by atoms with Gasteiger partial charge in [-0.25, -0.2) is 9.37 Å². The molecular weight excluding hydrogens is 535 g/mol. The number of aromatic nitrogens is 2. The number of rotatable bonds is 12. The molecule has 43 heavy (non-hydrogen) atoms. The van der Waals surface area contributed by atoms with Crippen molar-refractivity contribution in [1.82, 2.24) is 9.97 Å². The number of ether oxygens (including phenoxy) is 1. The summed E-state index contributed by atoms with van der Waals surface area (Å²) in [6.07, 6.45) is 11.6. The van der Waals surface area contributed by atoms with Crippen molar-refractivity contribution in [3.8, 4) is 6.01 Å². The van der Waals surface area contributed by atoms with E-state index in [0.717, 1.165) is 52.7 Å². The van der Waals surface area contributed by atoms with Crippen molar-refractivity contribution in [2.45, 2.75) is 135 Å². The summed E-state index contributed by atoms with van der Waals surface area (Å²) in [5, 5.41) is 10.9. The molecule has 1 aromatic heterocycles. The van der Waals surface area contributed by atoms with E-state index >= 15 is 4.39 Å².